The zero-order valence-electron chi connectivity index (χ0n) is 31.4. The summed E-state index contributed by atoms with van der Waals surface area (Å²) in [6, 6.07) is 50.4. The Kier molecular flexibility index (Phi) is 7.21. The lowest BCUT2D eigenvalue weighted by atomic mass is 9.85. The van der Waals surface area contributed by atoms with Crippen molar-refractivity contribution < 1.29 is 4.42 Å². The van der Waals surface area contributed by atoms with Crippen LogP contribution >= 0.6 is 0 Å². The molecule has 0 N–H and O–H groups in total. The third kappa shape index (κ3) is 5.00. The van der Waals surface area contributed by atoms with Crippen LogP contribution in [0.5, 0.6) is 0 Å². The van der Waals surface area contributed by atoms with Gasteiger partial charge in [-0.1, -0.05) is 133 Å². The fourth-order valence-corrected chi connectivity index (χ4v) is 9.63. The first-order valence-corrected chi connectivity index (χ1v) is 20.1. The highest BCUT2D eigenvalue weighted by Crippen LogP contribution is 2.50. The van der Waals surface area contributed by atoms with Crippen molar-refractivity contribution in [1.29, 1.82) is 0 Å². The minimum absolute atomic E-state index is 0.691. The second-order valence-corrected chi connectivity index (χ2v) is 15.4. The number of hydrogen-bond acceptors (Lipinski definition) is 3. The highest BCUT2D eigenvalue weighted by Gasteiger charge is 2.29. The van der Waals surface area contributed by atoms with Crippen molar-refractivity contribution in [2.75, 3.05) is 0 Å². The molecule has 57 heavy (non-hydrogen) atoms. The molecule has 12 rings (SSSR count). The Morgan fingerprint density at radius 3 is 2.05 bits per heavy atom. The number of hydrogen-bond donors (Lipinski definition) is 0. The Labute approximate surface area is 330 Å². The number of aromatic nitrogens is 3. The molecule has 3 aliphatic rings. The lowest BCUT2D eigenvalue weighted by Crippen LogP contribution is -2.07. The monoisotopic (exact) mass is 731 g/mol. The largest absolute Gasteiger partial charge is 0.456 e. The lowest BCUT2D eigenvalue weighted by molar-refractivity contribution is 0.603. The van der Waals surface area contributed by atoms with Crippen LogP contribution in [0.15, 0.2) is 156 Å². The average molecular weight is 732 g/mol. The van der Waals surface area contributed by atoms with Gasteiger partial charge in [-0.3, -0.25) is 4.57 Å². The van der Waals surface area contributed by atoms with Crippen LogP contribution in [-0.2, 0) is 0 Å². The van der Waals surface area contributed by atoms with Gasteiger partial charge in [-0.15, -0.1) is 0 Å². The van der Waals surface area contributed by atoms with Gasteiger partial charge in [0.25, 0.3) is 0 Å². The summed E-state index contributed by atoms with van der Waals surface area (Å²) in [7, 11) is 0. The topological polar surface area (TPSA) is 43.9 Å². The van der Waals surface area contributed by atoms with Gasteiger partial charge < -0.3 is 4.42 Å². The predicted octanol–water partition coefficient (Wildman–Crippen LogP) is 13.7. The van der Waals surface area contributed by atoms with E-state index < -0.39 is 0 Å². The molecule has 270 valence electrons. The summed E-state index contributed by atoms with van der Waals surface area (Å²) < 4.78 is 8.78. The van der Waals surface area contributed by atoms with Gasteiger partial charge in [0.15, 0.2) is 0 Å². The van der Waals surface area contributed by atoms with Gasteiger partial charge in [0.2, 0.25) is 5.95 Å². The summed E-state index contributed by atoms with van der Waals surface area (Å²) in [5.74, 6) is 1.56. The Morgan fingerprint density at radius 2 is 1.28 bits per heavy atom. The van der Waals surface area contributed by atoms with E-state index in [1.165, 1.54) is 73.4 Å². The van der Waals surface area contributed by atoms with Gasteiger partial charge in [-0.25, -0.2) is 9.97 Å². The van der Waals surface area contributed by atoms with Crippen molar-refractivity contribution in [2.45, 2.75) is 32.1 Å². The van der Waals surface area contributed by atoms with Crippen LogP contribution < -0.4 is 0 Å². The average Bonchev–Trinajstić information content (AvgIpc) is 3.67. The standard InChI is InChI=1S/C53H37N3O/c1-4-15-33(16-5-1)42-32-43(37-22-13-24-39-38-23-10-11-28-46(38)57-47(39)31-37)55-53(54-42)56-44-27-14-26-41-49(35-19-8-3-9-20-35)48(34-17-6-2-7-18-34)40-25-12-21-36-29-30-45(56)52(50(36)40)51(41)44/h2-3,6-15,17-21,23-32H,1,4-5,16,22H2. The van der Waals surface area contributed by atoms with Crippen LogP contribution in [0.25, 0.3) is 83.9 Å². The van der Waals surface area contributed by atoms with Crippen LogP contribution in [0.4, 0.5) is 0 Å². The number of fused-ring (bicyclic) bond motifs is 3. The molecule has 3 aliphatic carbocycles. The highest BCUT2D eigenvalue weighted by atomic mass is 16.3. The summed E-state index contributed by atoms with van der Waals surface area (Å²) >= 11 is 0. The molecule has 9 aromatic rings. The van der Waals surface area contributed by atoms with Crippen molar-refractivity contribution in [3.63, 3.8) is 0 Å². The smallest absolute Gasteiger partial charge is 0.235 e. The van der Waals surface area contributed by atoms with Crippen molar-refractivity contribution in [2.24, 2.45) is 0 Å². The minimum atomic E-state index is 0.691. The van der Waals surface area contributed by atoms with Gasteiger partial charge in [0.05, 0.1) is 22.4 Å². The third-order valence-electron chi connectivity index (χ3n) is 12.2. The van der Waals surface area contributed by atoms with E-state index in [0.717, 1.165) is 69.5 Å². The Hall–Kier alpha value is -7.04. The highest BCUT2D eigenvalue weighted by molar-refractivity contribution is 6.31. The third-order valence-corrected chi connectivity index (χ3v) is 12.2. The molecule has 0 saturated carbocycles. The van der Waals surface area contributed by atoms with E-state index in [1.807, 2.05) is 12.1 Å². The van der Waals surface area contributed by atoms with E-state index in [2.05, 4.69) is 156 Å². The molecule has 0 aliphatic heterocycles. The molecule has 0 saturated heterocycles. The summed E-state index contributed by atoms with van der Waals surface area (Å²) in [5, 5.41) is 6.08. The molecular formula is C53H37N3O. The molecule has 0 radical (unpaired) electrons. The van der Waals surface area contributed by atoms with Crippen LogP contribution in [0.3, 0.4) is 0 Å². The SMILES string of the molecule is C1=Cc2c(oc3ccccc23)C=C(c2cc(C3=CCCCC3)nc(-n3c4cccc5c4c4c6c(cccc6ccc43)C(c3ccccc3)=C5c3ccccc3)n2)C1. The second kappa shape index (κ2) is 12.8. The van der Waals surface area contributed by atoms with Crippen LogP contribution in [0.1, 0.15) is 77.1 Å². The van der Waals surface area contributed by atoms with Crippen LogP contribution in [0, 0.1) is 0 Å². The maximum atomic E-state index is 6.45. The molecule has 0 fully saturated rings. The first kappa shape index (κ1) is 32.2. The van der Waals surface area contributed by atoms with E-state index in [1.54, 1.807) is 0 Å². The molecule has 3 heterocycles. The number of para-hydroxylation sites is 1. The molecule has 4 nitrogen and oxygen atoms in total. The molecule has 6 aromatic carbocycles. The number of rotatable bonds is 5. The zero-order valence-corrected chi connectivity index (χ0v) is 31.4. The van der Waals surface area contributed by atoms with Gasteiger partial charge in [0, 0.05) is 21.7 Å². The van der Waals surface area contributed by atoms with Crippen LogP contribution in [-0.4, -0.2) is 14.5 Å². The minimum Gasteiger partial charge on any atom is -0.456 e. The molecule has 0 atom stereocenters. The Bertz CT molecular complexity index is 3250. The quantitative estimate of drug-likeness (QED) is 0.177. The fraction of sp³-hybridized carbons (Fsp3) is 0.0943. The van der Waals surface area contributed by atoms with Crippen molar-refractivity contribution in [3.05, 3.63) is 197 Å². The van der Waals surface area contributed by atoms with Crippen LogP contribution in [0.2, 0.25) is 0 Å². The molecule has 0 amide bonds. The summed E-state index contributed by atoms with van der Waals surface area (Å²) in [6.45, 7) is 0. The molecular weight excluding hydrogens is 695 g/mol. The molecule has 3 aromatic heterocycles. The van der Waals surface area contributed by atoms with Gasteiger partial charge >= 0.3 is 0 Å². The number of nitrogens with zero attached hydrogens (tertiary/aromatic N) is 3. The molecule has 0 unspecified atom stereocenters. The summed E-state index contributed by atoms with van der Waals surface area (Å²) in [5.41, 5.74) is 15.9. The maximum absolute atomic E-state index is 6.45. The molecule has 0 spiro atoms. The Morgan fingerprint density at radius 1 is 0.579 bits per heavy atom. The molecule has 4 heteroatoms. The van der Waals surface area contributed by atoms with Gasteiger partial charge in [-0.05, 0) is 118 Å². The van der Waals surface area contributed by atoms with Crippen molar-refractivity contribution >= 4 is 78.0 Å². The normalized spacial score (nSPS) is 15.1. The van der Waals surface area contributed by atoms with E-state index in [0.29, 0.717) is 5.95 Å². The number of benzene rings is 6. The van der Waals surface area contributed by atoms with E-state index >= 15 is 0 Å². The number of furan rings is 1. The first-order chi connectivity index (χ1) is 28.3. The summed E-state index contributed by atoms with van der Waals surface area (Å²) in [6.07, 6.45) is 14.3. The van der Waals surface area contributed by atoms with Crippen molar-refractivity contribution in [3.8, 4) is 5.95 Å². The predicted molar refractivity (Wildman–Crippen MR) is 236 cm³/mol. The summed E-state index contributed by atoms with van der Waals surface area (Å²) in [4.78, 5) is 11.0. The van der Waals surface area contributed by atoms with Crippen molar-refractivity contribution in [1.82, 2.24) is 14.5 Å². The Balaban J connectivity index is 1.17. The van der Waals surface area contributed by atoms with Gasteiger partial charge in [0.1, 0.15) is 11.3 Å². The first-order valence-electron chi connectivity index (χ1n) is 20.1. The molecule has 0 bridgehead atoms. The van der Waals surface area contributed by atoms with E-state index in [-0.39, 0.29) is 0 Å². The number of allylic oxidation sites excluding steroid dienone is 4. The lowest BCUT2D eigenvalue weighted by Gasteiger charge is -2.19. The van der Waals surface area contributed by atoms with E-state index in [9.17, 15) is 0 Å². The maximum Gasteiger partial charge on any atom is 0.235 e. The second-order valence-electron chi connectivity index (χ2n) is 15.4. The fourth-order valence-electron chi connectivity index (χ4n) is 9.63. The zero-order chi connectivity index (χ0) is 37.5. The van der Waals surface area contributed by atoms with Gasteiger partial charge in [-0.2, -0.15) is 0 Å². The van der Waals surface area contributed by atoms with E-state index in [4.69, 9.17) is 14.4 Å².